The van der Waals surface area contributed by atoms with Crippen molar-refractivity contribution >= 4 is 5.95 Å². The molecule has 0 spiro atoms. The van der Waals surface area contributed by atoms with Gasteiger partial charge in [0.05, 0.1) is 6.07 Å². The Labute approximate surface area is 172 Å². The van der Waals surface area contributed by atoms with Crippen LogP contribution in [0.2, 0.25) is 0 Å². The van der Waals surface area contributed by atoms with Crippen LogP contribution in [0.3, 0.4) is 0 Å². The first-order valence-corrected chi connectivity index (χ1v) is 9.72. The van der Waals surface area contributed by atoms with Crippen LogP contribution in [0.15, 0.2) is 54.6 Å². The number of aromatic nitrogens is 2. The summed E-state index contributed by atoms with van der Waals surface area (Å²) in [6.07, 6.45) is 0. The topological polar surface area (TPSA) is 70.3 Å². The van der Waals surface area contributed by atoms with Gasteiger partial charge in [0.2, 0.25) is 17.7 Å². The van der Waals surface area contributed by atoms with Crippen molar-refractivity contribution in [2.24, 2.45) is 0 Å². The number of rotatable bonds is 4. The molecule has 5 heteroatoms. The van der Waals surface area contributed by atoms with Crippen molar-refractivity contribution in [3.63, 3.8) is 0 Å². The number of nitrogens with zero attached hydrogens (tertiary/aromatic N) is 2. The monoisotopic (exact) mass is 391 g/mol. The van der Waals surface area contributed by atoms with E-state index in [1.165, 1.54) is 11.1 Å². The average molecular weight is 392 g/mol. The van der Waals surface area contributed by atoms with E-state index >= 15 is 0 Å². The predicted molar refractivity (Wildman–Crippen MR) is 117 cm³/mol. The highest BCUT2D eigenvalue weighted by molar-refractivity contribution is 5.38. The highest BCUT2D eigenvalue weighted by Crippen LogP contribution is 2.30. The zero-order valence-electron chi connectivity index (χ0n) is 18.0. The molecule has 0 unspecified atom stereocenters. The van der Waals surface area contributed by atoms with Crippen LogP contribution in [0.1, 0.15) is 52.7 Å². The van der Waals surface area contributed by atoms with Crippen molar-refractivity contribution in [3.05, 3.63) is 65.7 Å². The number of hydrogen-bond acceptors (Lipinski definition) is 5. The fourth-order valence-electron chi connectivity index (χ4n) is 2.81. The SMILES string of the molecule is CC(C)(C)c1ccc(Oc2cc(Oc3ccc(C(C)(C)C)cc3)nc(N)n2)cc1. The lowest BCUT2D eigenvalue weighted by Crippen LogP contribution is -2.10. The molecular weight excluding hydrogens is 362 g/mol. The molecule has 0 amide bonds. The van der Waals surface area contributed by atoms with Crippen LogP contribution in [0.4, 0.5) is 5.95 Å². The Kier molecular flexibility index (Phi) is 5.51. The van der Waals surface area contributed by atoms with Crippen LogP contribution in [-0.2, 0) is 10.8 Å². The summed E-state index contributed by atoms with van der Waals surface area (Å²) >= 11 is 0. The summed E-state index contributed by atoms with van der Waals surface area (Å²) < 4.78 is 11.7. The summed E-state index contributed by atoms with van der Waals surface area (Å²) in [5.41, 5.74) is 8.48. The van der Waals surface area contributed by atoms with E-state index in [0.717, 1.165) is 0 Å². The normalized spacial score (nSPS) is 11.9. The molecule has 1 aromatic heterocycles. The Balaban J connectivity index is 1.76. The van der Waals surface area contributed by atoms with Gasteiger partial charge in [-0.05, 0) is 46.2 Å². The summed E-state index contributed by atoms with van der Waals surface area (Å²) in [6, 6.07) is 17.5. The quantitative estimate of drug-likeness (QED) is 0.570. The highest BCUT2D eigenvalue weighted by Gasteiger charge is 2.15. The van der Waals surface area contributed by atoms with E-state index in [1.807, 2.05) is 48.5 Å². The van der Waals surface area contributed by atoms with Gasteiger partial charge in [-0.2, -0.15) is 9.97 Å². The second-order valence-electron chi connectivity index (χ2n) is 9.16. The Morgan fingerprint density at radius 3 is 1.28 bits per heavy atom. The second kappa shape index (κ2) is 7.74. The number of benzene rings is 2. The van der Waals surface area contributed by atoms with Crippen molar-refractivity contribution in [2.45, 2.75) is 52.4 Å². The van der Waals surface area contributed by atoms with Gasteiger partial charge in [-0.3, -0.25) is 0 Å². The van der Waals surface area contributed by atoms with Crippen LogP contribution in [-0.4, -0.2) is 9.97 Å². The van der Waals surface area contributed by atoms with Gasteiger partial charge in [0, 0.05) is 0 Å². The van der Waals surface area contributed by atoms with Gasteiger partial charge in [0.25, 0.3) is 0 Å². The summed E-state index contributed by atoms with van der Waals surface area (Å²) in [4.78, 5) is 8.31. The third-order valence-corrected chi connectivity index (χ3v) is 4.58. The Hall–Kier alpha value is -3.08. The Morgan fingerprint density at radius 2 is 0.966 bits per heavy atom. The number of ether oxygens (including phenoxy) is 2. The van der Waals surface area contributed by atoms with Gasteiger partial charge in [-0.25, -0.2) is 0 Å². The molecule has 0 saturated carbocycles. The lowest BCUT2D eigenvalue weighted by molar-refractivity contribution is 0.435. The number of hydrogen-bond donors (Lipinski definition) is 1. The zero-order valence-corrected chi connectivity index (χ0v) is 18.0. The molecule has 0 aliphatic heterocycles. The van der Waals surface area contributed by atoms with E-state index in [0.29, 0.717) is 23.3 Å². The number of nitrogen functional groups attached to an aromatic ring is 1. The van der Waals surface area contributed by atoms with E-state index in [2.05, 4.69) is 51.5 Å². The van der Waals surface area contributed by atoms with Crippen LogP contribution in [0.25, 0.3) is 0 Å². The average Bonchev–Trinajstić information content (AvgIpc) is 2.60. The second-order valence-corrected chi connectivity index (χ2v) is 9.16. The van der Waals surface area contributed by atoms with Crippen molar-refractivity contribution in [1.82, 2.24) is 9.97 Å². The maximum atomic E-state index is 5.86. The van der Waals surface area contributed by atoms with Crippen LogP contribution in [0, 0.1) is 0 Å². The molecule has 2 N–H and O–H groups in total. The summed E-state index contributed by atoms with van der Waals surface area (Å²) in [5, 5.41) is 0. The number of anilines is 1. The molecule has 1 heterocycles. The molecule has 29 heavy (non-hydrogen) atoms. The zero-order chi connectivity index (χ0) is 21.2. The molecule has 3 aromatic rings. The van der Waals surface area contributed by atoms with Gasteiger partial charge < -0.3 is 15.2 Å². The molecule has 0 bridgehead atoms. The molecule has 152 valence electrons. The van der Waals surface area contributed by atoms with Crippen molar-refractivity contribution < 1.29 is 9.47 Å². The van der Waals surface area contributed by atoms with Gasteiger partial charge in [0.1, 0.15) is 11.5 Å². The minimum absolute atomic E-state index is 0.0847. The van der Waals surface area contributed by atoms with E-state index < -0.39 is 0 Å². The summed E-state index contributed by atoms with van der Waals surface area (Å²) in [5.74, 6) is 2.12. The first kappa shape index (κ1) is 20.6. The Bertz CT molecular complexity index is 889. The van der Waals surface area contributed by atoms with Gasteiger partial charge in [0.15, 0.2) is 0 Å². The number of nitrogens with two attached hydrogens (primary N) is 1. The molecule has 0 radical (unpaired) electrons. The summed E-state index contributed by atoms with van der Waals surface area (Å²) in [7, 11) is 0. The summed E-state index contributed by atoms with van der Waals surface area (Å²) in [6.45, 7) is 13.0. The first-order chi connectivity index (χ1) is 13.5. The molecule has 0 saturated heterocycles. The van der Waals surface area contributed by atoms with Crippen LogP contribution < -0.4 is 15.2 Å². The largest absolute Gasteiger partial charge is 0.439 e. The minimum atomic E-state index is 0.0847. The van der Waals surface area contributed by atoms with Crippen molar-refractivity contribution in [2.75, 3.05) is 5.73 Å². The Morgan fingerprint density at radius 1 is 0.621 bits per heavy atom. The molecule has 3 rings (SSSR count). The maximum absolute atomic E-state index is 5.86. The minimum Gasteiger partial charge on any atom is -0.439 e. The third-order valence-electron chi connectivity index (χ3n) is 4.58. The standard InChI is InChI=1S/C24H29N3O2/c1-23(2,3)16-7-11-18(12-8-16)28-20-15-21(27-22(25)26-20)29-19-13-9-17(10-14-19)24(4,5)6/h7-15H,1-6H3,(H2,25,26,27). The molecule has 0 aliphatic carbocycles. The van der Waals surface area contributed by atoms with E-state index in [9.17, 15) is 0 Å². The first-order valence-electron chi connectivity index (χ1n) is 9.72. The van der Waals surface area contributed by atoms with E-state index in [-0.39, 0.29) is 16.8 Å². The van der Waals surface area contributed by atoms with Gasteiger partial charge >= 0.3 is 0 Å². The smallest absolute Gasteiger partial charge is 0.227 e. The van der Waals surface area contributed by atoms with Crippen LogP contribution >= 0.6 is 0 Å². The van der Waals surface area contributed by atoms with Crippen molar-refractivity contribution in [1.29, 1.82) is 0 Å². The maximum Gasteiger partial charge on any atom is 0.227 e. The molecule has 0 aliphatic rings. The van der Waals surface area contributed by atoms with Gasteiger partial charge in [-0.15, -0.1) is 0 Å². The fraction of sp³-hybridized carbons (Fsp3) is 0.333. The van der Waals surface area contributed by atoms with Gasteiger partial charge in [-0.1, -0.05) is 65.8 Å². The molecule has 5 nitrogen and oxygen atoms in total. The van der Waals surface area contributed by atoms with E-state index in [1.54, 1.807) is 6.07 Å². The lowest BCUT2D eigenvalue weighted by atomic mass is 9.87. The molecule has 0 fully saturated rings. The molecular formula is C24H29N3O2. The third kappa shape index (κ3) is 5.47. The van der Waals surface area contributed by atoms with E-state index in [4.69, 9.17) is 15.2 Å². The molecule has 2 aromatic carbocycles. The van der Waals surface area contributed by atoms with Crippen molar-refractivity contribution in [3.8, 4) is 23.3 Å². The highest BCUT2D eigenvalue weighted by atomic mass is 16.5. The van der Waals surface area contributed by atoms with Crippen LogP contribution in [0.5, 0.6) is 23.3 Å². The molecule has 0 atom stereocenters. The lowest BCUT2D eigenvalue weighted by Gasteiger charge is -2.19. The fourth-order valence-corrected chi connectivity index (χ4v) is 2.81. The predicted octanol–water partition coefficient (Wildman–Crippen LogP) is 6.24.